The lowest BCUT2D eigenvalue weighted by molar-refractivity contribution is -0.184. The van der Waals surface area contributed by atoms with Crippen LogP contribution in [0.5, 0.6) is 0 Å². The number of carbonyl (C=O) groups excluding carboxylic acids is 1. The van der Waals surface area contributed by atoms with Crippen molar-refractivity contribution in [3.63, 3.8) is 0 Å². The van der Waals surface area contributed by atoms with Crippen LogP contribution in [-0.2, 0) is 9.53 Å². The molecule has 4 bridgehead atoms. The zero-order chi connectivity index (χ0) is 11.3. The van der Waals surface area contributed by atoms with Crippen molar-refractivity contribution in [1.29, 1.82) is 0 Å². The fraction of sp³-hybridized carbons (Fsp3) is 0.769. The van der Waals surface area contributed by atoms with Crippen LogP contribution in [0.25, 0.3) is 0 Å². The molecule has 0 amide bonds. The van der Waals surface area contributed by atoms with Crippen molar-refractivity contribution < 1.29 is 14.6 Å². The second-order valence-corrected chi connectivity index (χ2v) is 5.23. The quantitative estimate of drug-likeness (QED) is 0.719. The van der Waals surface area contributed by atoms with Crippen LogP contribution in [0.1, 0.15) is 32.6 Å². The molecule has 0 radical (unpaired) electrons. The number of fused-ring (bicyclic) bond motifs is 6. The van der Waals surface area contributed by atoms with Crippen LogP contribution >= 0.6 is 0 Å². The first-order valence-electron chi connectivity index (χ1n) is 6.26. The Balaban J connectivity index is 2.06. The van der Waals surface area contributed by atoms with E-state index in [2.05, 4.69) is 0 Å². The first-order valence-corrected chi connectivity index (χ1v) is 6.26. The van der Waals surface area contributed by atoms with Gasteiger partial charge in [0, 0.05) is 5.92 Å². The van der Waals surface area contributed by atoms with Gasteiger partial charge in [0.1, 0.15) is 0 Å². The summed E-state index contributed by atoms with van der Waals surface area (Å²) in [7, 11) is 0. The number of hydrogen-bond donors (Lipinski definition) is 1. The Labute approximate surface area is 95.5 Å². The van der Waals surface area contributed by atoms with Gasteiger partial charge in [-0.05, 0) is 19.3 Å². The van der Waals surface area contributed by atoms with Crippen LogP contribution in [-0.4, -0.2) is 29.2 Å². The van der Waals surface area contributed by atoms with Gasteiger partial charge in [-0.15, -0.1) is 0 Å². The molecule has 16 heavy (non-hydrogen) atoms. The van der Waals surface area contributed by atoms with E-state index >= 15 is 0 Å². The summed E-state index contributed by atoms with van der Waals surface area (Å²) in [5, 5.41) is 10.2. The lowest BCUT2D eigenvalue weighted by atomic mass is 9.60. The van der Waals surface area contributed by atoms with Crippen molar-refractivity contribution >= 4 is 5.78 Å². The Hall–Kier alpha value is -0.670. The maximum absolute atomic E-state index is 12.5. The second kappa shape index (κ2) is 3.41. The summed E-state index contributed by atoms with van der Waals surface area (Å²) in [6.45, 7) is 1.93. The van der Waals surface area contributed by atoms with E-state index in [1.54, 1.807) is 0 Å². The van der Waals surface area contributed by atoms with E-state index < -0.39 is 11.5 Å². The van der Waals surface area contributed by atoms with Crippen LogP contribution in [0, 0.1) is 11.3 Å². The minimum atomic E-state index is -0.638. The molecule has 3 heteroatoms. The maximum Gasteiger partial charge on any atom is 0.150 e. The van der Waals surface area contributed by atoms with E-state index in [1.165, 1.54) is 0 Å². The molecule has 3 rings (SSSR count). The minimum Gasteiger partial charge on any atom is -0.392 e. The molecule has 88 valence electrons. The fourth-order valence-corrected chi connectivity index (χ4v) is 3.69. The van der Waals surface area contributed by atoms with Gasteiger partial charge in [0.05, 0.1) is 23.7 Å². The zero-order valence-electron chi connectivity index (χ0n) is 9.56. The lowest BCUT2D eigenvalue weighted by Crippen LogP contribution is -2.60. The normalized spacial score (nSPS) is 47.1. The Morgan fingerprint density at radius 1 is 1.62 bits per heavy atom. The number of hydrogen-bond acceptors (Lipinski definition) is 3. The number of carbonyl (C=O) groups is 1. The SMILES string of the molecule is CC[C@H](O)[C@]12CCC[C@H](C1=O)[C@@H]1C=C[C@H]2O1. The van der Waals surface area contributed by atoms with Gasteiger partial charge in [0.25, 0.3) is 0 Å². The summed E-state index contributed by atoms with van der Waals surface area (Å²) in [6, 6.07) is 0. The fourth-order valence-electron chi connectivity index (χ4n) is 3.69. The highest BCUT2D eigenvalue weighted by Crippen LogP contribution is 2.52. The predicted molar refractivity (Wildman–Crippen MR) is 58.9 cm³/mol. The van der Waals surface area contributed by atoms with E-state index in [4.69, 9.17) is 4.74 Å². The second-order valence-electron chi connectivity index (χ2n) is 5.23. The summed E-state index contributed by atoms with van der Waals surface area (Å²) < 4.78 is 5.87. The van der Waals surface area contributed by atoms with E-state index in [0.717, 1.165) is 19.3 Å². The Kier molecular flexibility index (Phi) is 2.23. The van der Waals surface area contributed by atoms with Gasteiger partial charge in [-0.2, -0.15) is 0 Å². The van der Waals surface area contributed by atoms with Crippen molar-refractivity contribution in [1.82, 2.24) is 0 Å². The maximum atomic E-state index is 12.5. The smallest absolute Gasteiger partial charge is 0.150 e. The van der Waals surface area contributed by atoms with Gasteiger partial charge in [0.2, 0.25) is 0 Å². The molecular weight excluding hydrogens is 204 g/mol. The van der Waals surface area contributed by atoms with Crippen LogP contribution < -0.4 is 0 Å². The van der Waals surface area contributed by atoms with Crippen LogP contribution in [0.4, 0.5) is 0 Å². The first kappa shape index (κ1) is 10.5. The molecule has 3 aliphatic rings. The molecule has 0 spiro atoms. The van der Waals surface area contributed by atoms with Crippen molar-refractivity contribution in [3.8, 4) is 0 Å². The third-order valence-electron chi connectivity index (χ3n) is 4.57. The van der Waals surface area contributed by atoms with Gasteiger partial charge < -0.3 is 9.84 Å². The molecule has 0 aromatic heterocycles. The van der Waals surface area contributed by atoms with Crippen molar-refractivity contribution in [2.24, 2.45) is 11.3 Å². The molecular formula is C13H18O3. The van der Waals surface area contributed by atoms with Crippen LogP contribution in [0.2, 0.25) is 0 Å². The molecule has 1 aliphatic carbocycles. The van der Waals surface area contributed by atoms with E-state index in [1.807, 2.05) is 19.1 Å². The lowest BCUT2D eigenvalue weighted by Gasteiger charge is -2.50. The topological polar surface area (TPSA) is 46.5 Å². The largest absolute Gasteiger partial charge is 0.392 e. The highest BCUT2D eigenvalue weighted by molar-refractivity contribution is 5.91. The Morgan fingerprint density at radius 3 is 3.19 bits per heavy atom. The highest BCUT2D eigenvalue weighted by Gasteiger charge is 2.60. The molecule has 2 heterocycles. The first-order chi connectivity index (χ1) is 7.70. The van der Waals surface area contributed by atoms with E-state index in [9.17, 15) is 9.90 Å². The standard InChI is InChI=1S/C13H18O3/c1-2-10(14)13-7-3-4-8(12(13)15)9-5-6-11(13)16-9/h5-6,8-11,14H,2-4,7H2,1H3/t8-,9-,10-,11+,13-/m0/s1. The highest BCUT2D eigenvalue weighted by atomic mass is 16.5. The predicted octanol–water partition coefficient (Wildman–Crippen LogP) is 1.45. The number of rotatable bonds is 2. The molecule has 0 aromatic carbocycles. The van der Waals surface area contributed by atoms with Gasteiger partial charge in [-0.25, -0.2) is 0 Å². The molecule has 0 aromatic rings. The summed E-state index contributed by atoms with van der Waals surface area (Å²) >= 11 is 0. The van der Waals surface area contributed by atoms with Crippen molar-refractivity contribution in [2.45, 2.75) is 50.9 Å². The zero-order valence-corrected chi connectivity index (χ0v) is 9.56. The molecule has 2 aliphatic heterocycles. The monoisotopic (exact) mass is 222 g/mol. The van der Waals surface area contributed by atoms with Gasteiger partial charge in [-0.3, -0.25) is 4.79 Å². The molecule has 2 fully saturated rings. The number of ketones is 1. The average Bonchev–Trinajstić information content (AvgIpc) is 2.74. The summed E-state index contributed by atoms with van der Waals surface area (Å²) in [6.07, 6.45) is 6.60. The summed E-state index contributed by atoms with van der Waals surface area (Å²) in [4.78, 5) is 12.5. The van der Waals surface area contributed by atoms with Crippen molar-refractivity contribution in [2.75, 3.05) is 0 Å². The van der Waals surface area contributed by atoms with E-state index in [-0.39, 0.29) is 23.9 Å². The number of aliphatic hydroxyl groups is 1. The van der Waals surface area contributed by atoms with Crippen molar-refractivity contribution in [3.05, 3.63) is 12.2 Å². The molecule has 5 atom stereocenters. The Bertz CT molecular complexity index is 349. The number of Topliss-reactive ketones (excluding diaryl/α,β-unsaturated/α-hetero) is 1. The van der Waals surface area contributed by atoms with Gasteiger partial charge in [0.15, 0.2) is 5.78 Å². The van der Waals surface area contributed by atoms with Gasteiger partial charge in [-0.1, -0.05) is 25.5 Å². The average molecular weight is 222 g/mol. The molecule has 3 nitrogen and oxygen atoms in total. The third kappa shape index (κ3) is 1.08. The Morgan fingerprint density at radius 2 is 2.44 bits per heavy atom. The van der Waals surface area contributed by atoms with Crippen LogP contribution in [0.3, 0.4) is 0 Å². The summed E-state index contributed by atoms with van der Waals surface area (Å²) in [5.74, 6) is 0.240. The van der Waals surface area contributed by atoms with Crippen LogP contribution in [0.15, 0.2) is 12.2 Å². The van der Waals surface area contributed by atoms with E-state index in [0.29, 0.717) is 6.42 Å². The molecule has 1 saturated heterocycles. The molecule has 1 saturated carbocycles. The number of aliphatic hydroxyl groups excluding tert-OH is 1. The third-order valence-corrected chi connectivity index (χ3v) is 4.57. The number of ether oxygens (including phenoxy) is 1. The minimum absolute atomic E-state index is 0.00931. The summed E-state index contributed by atoms with van der Waals surface area (Å²) in [5.41, 5.74) is -0.638. The molecule has 0 unspecified atom stereocenters. The molecule has 1 N–H and O–H groups in total. The van der Waals surface area contributed by atoms with Gasteiger partial charge >= 0.3 is 0 Å².